The predicted molar refractivity (Wildman–Crippen MR) is 88.6 cm³/mol. The second kappa shape index (κ2) is 9.97. The van der Waals surface area contributed by atoms with Gasteiger partial charge in [-0.25, -0.2) is 9.59 Å². The van der Waals surface area contributed by atoms with Crippen molar-refractivity contribution in [1.29, 1.82) is 0 Å². The molecular weight excluding hydrogens is 354 g/mol. The van der Waals surface area contributed by atoms with Gasteiger partial charge in [-0.1, -0.05) is 18.2 Å². The maximum absolute atomic E-state index is 12.2. The first-order valence-electron chi connectivity index (χ1n) is 7.38. The highest BCUT2D eigenvalue weighted by Gasteiger charge is 2.48. The number of hydrogen-bond donors (Lipinski definition) is 3. The van der Waals surface area contributed by atoms with Crippen LogP contribution in [0.3, 0.4) is 0 Å². The summed E-state index contributed by atoms with van der Waals surface area (Å²) >= 11 is 5.73. The number of carboxylic acid groups (broad SMARTS) is 2. The molecule has 0 unspecified atom stereocenters. The lowest BCUT2D eigenvalue weighted by molar-refractivity contribution is -0.159. The van der Waals surface area contributed by atoms with Crippen LogP contribution >= 0.6 is 11.6 Å². The van der Waals surface area contributed by atoms with E-state index in [0.29, 0.717) is 0 Å². The summed E-state index contributed by atoms with van der Waals surface area (Å²) < 4.78 is 9.97. The molecule has 0 aliphatic heterocycles. The summed E-state index contributed by atoms with van der Waals surface area (Å²) in [5.74, 6) is -4.13. The van der Waals surface area contributed by atoms with Gasteiger partial charge in [0.2, 0.25) is 5.54 Å². The van der Waals surface area contributed by atoms with E-state index in [2.05, 4.69) is 5.32 Å². The van der Waals surface area contributed by atoms with Gasteiger partial charge in [-0.2, -0.15) is 0 Å². The number of hydrogen-bond acceptors (Lipinski definition) is 5. The summed E-state index contributed by atoms with van der Waals surface area (Å²) in [6.07, 6.45) is -1.02. The third kappa shape index (κ3) is 5.70. The number of amides is 1. The molecule has 1 amide bonds. The molecule has 1 aromatic rings. The molecular formula is C16H20ClNO7. The fourth-order valence-corrected chi connectivity index (χ4v) is 2.32. The number of carbonyl (C=O) groups is 3. The highest BCUT2D eigenvalue weighted by atomic mass is 35.5. The summed E-state index contributed by atoms with van der Waals surface area (Å²) in [6, 6.07) is 7.75. The number of alkyl halides is 1. The number of methoxy groups -OCH3 is 1. The summed E-state index contributed by atoms with van der Waals surface area (Å²) in [4.78, 5) is 35.5. The molecule has 0 aliphatic carbocycles. The van der Waals surface area contributed by atoms with Gasteiger partial charge in [0.25, 0.3) is 5.91 Å². The van der Waals surface area contributed by atoms with E-state index in [4.69, 9.17) is 21.1 Å². The van der Waals surface area contributed by atoms with Gasteiger partial charge in [0.05, 0.1) is 6.10 Å². The average Bonchev–Trinajstić information content (AvgIpc) is 2.60. The molecule has 25 heavy (non-hydrogen) atoms. The first-order valence-corrected chi connectivity index (χ1v) is 7.91. The lowest BCUT2D eigenvalue weighted by atomic mass is 9.91. The zero-order valence-electron chi connectivity index (χ0n) is 13.6. The van der Waals surface area contributed by atoms with Crippen molar-refractivity contribution in [3.63, 3.8) is 0 Å². The minimum atomic E-state index is -2.49. The number of aliphatic carboxylic acids is 2. The van der Waals surface area contributed by atoms with Crippen molar-refractivity contribution in [2.45, 2.75) is 24.5 Å². The molecule has 0 spiro atoms. The van der Waals surface area contributed by atoms with Gasteiger partial charge in [-0.05, 0) is 25.0 Å². The van der Waals surface area contributed by atoms with Crippen LogP contribution in [-0.2, 0) is 19.1 Å². The van der Waals surface area contributed by atoms with Crippen LogP contribution in [0.1, 0.15) is 23.2 Å². The van der Waals surface area contributed by atoms with Crippen molar-refractivity contribution in [2.75, 3.05) is 19.8 Å². The largest absolute Gasteiger partial charge is 0.479 e. The number of benzene rings is 1. The van der Waals surface area contributed by atoms with Crippen molar-refractivity contribution < 1.29 is 34.1 Å². The van der Waals surface area contributed by atoms with Crippen molar-refractivity contribution in [1.82, 2.24) is 5.32 Å². The standard InChI is InChI=1S/C16H20ClNO7/c1-24-10-25-12(9-17)7-8-16(14(20)21,15(22)23)18-13(19)11-5-3-2-4-6-11/h2-6,12H,7-10H2,1H3,(H,18,19)(H,20,21)(H,22,23)/t12-/m0/s1. The van der Waals surface area contributed by atoms with E-state index in [1.165, 1.54) is 19.2 Å². The quantitative estimate of drug-likeness (QED) is 0.304. The Balaban J connectivity index is 2.96. The van der Waals surface area contributed by atoms with Crippen molar-refractivity contribution in [3.8, 4) is 0 Å². The molecule has 1 rings (SSSR count). The molecule has 138 valence electrons. The Morgan fingerprint density at radius 2 is 1.80 bits per heavy atom. The molecule has 0 heterocycles. The number of carbonyl (C=O) groups excluding carboxylic acids is 1. The minimum absolute atomic E-state index is 0.000525. The number of carboxylic acids is 2. The highest BCUT2D eigenvalue weighted by Crippen LogP contribution is 2.19. The fourth-order valence-electron chi connectivity index (χ4n) is 2.08. The topological polar surface area (TPSA) is 122 Å². The Morgan fingerprint density at radius 3 is 2.28 bits per heavy atom. The SMILES string of the molecule is COCO[C@H](CCl)CCC(NC(=O)c1ccccc1)(C(=O)O)C(=O)O. The summed E-state index contributed by atoms with van der Waals surface area (Å²) in [6.45, 7) is -0.0685. The number of rotatable bonds is 11. The first kappa shape index (κ1) is 20.9. The molecule has 0 saturated heterocycles. The maximum Gasteiger partial charge on any atom is 0.341 e. The van der Waals surface area contributed by atoms with E-state index in [1.54, 1.807) is 18.2 Å². The Morgan fingerprint density at radius 1 is 1.20 bits per heavy atom. The third-order valence-electron chi connectivity index (χ3n) is 3.53. The van der Waals surface area contributed by atoms with E-state index < -0.39 is 35.9 Å². The Kier molecular flexibility index (Phi) is 8.33. The first-order chi connectivity index (χ1) is 11.9. The molecule has 1 atom stereocenters. The van der Waals surface area contributed by atoms with E-state index in [-0.39, 0.29) is 24.7 Å². The van der Waals surface area contributed by atoms with Crippen LogP contribution < -0.4 is 5.32 Å². The lowest BCUT2D eigenvalue weighted by Crippen LogP contribution is -2.60. The molecule has 1 aromatic carbocycles. The smallest absolute Gasteiger partial charge is 0.341 e. The van der Waals surface area contributed by atoms with Crippen LogP contribution in [0.5, 0.6) is 0 Å². The van der Waals surface area contributed by atoms with E-state index >= 15 is 0 Å². The molecule has 8 nitrogen and oxygen atoms in total. The summed E-state index contributed by atoms with van der Waals surface area (Å²) in [7, 11) is 1.41. The zero-order valence-corrected chi connectivity index (χ0v) is 14.4. The van der Waals surface area contributed by atoms with Gasteiger partial charge in [0.1, 0.15) is 6.79 Å². The molecule has 0 aromatic heterocycles. The van der Waals surface area contributed by atoms with Gasteiger partial charge in [0.15, 0.2) is 0 Å². The van der Waals surface area contributed by atoms with Crippen molar-refractivity contribution >= 4 is 29.4 Å². The van der Waals surface area contributed by atoms with Gasteiger partial charge < -0.3 is 25.0 Å². The Hall–Kier alpha value is -2.16. The Bertz CT molecular complexity index is 579. The summed E-state index contributed by atoms with van der Waals surface area (Å²) in [5.41, 5.74) is -2.34. The van der Waals surface area contributed by atoms with Gasteiger partial charge in [-0.15, -0.1) is 11.6 Å². The minimum Gasteiger partial charge on any atom is -0.479 e. The number of nitrogens with one attached hydrogen (secondary N) is 1. The average molecular weight is 374 g/mol. The van der Waals surface area contributed by atoms with Crippen molar-refractivity contribution in [3.05, 3.63) is 35.9 Å². The van der Waals surface area contributed by atoms with Crippen LogP contribution in [0.4, 0.5) is 0 Å². The van der Waals surface area contributed by atoms with Gasteiger partial charge >= 0.3 is 11.9 Å². The van der Waals surface area contributed by atoms with E-state index in [1.807, 2.05) is 0 Å². The van der Waals surface area contributed by atoms with Crippen LogP contribution in [0.25, 0.3) is 0 Å². The van der Waals surface area contributed by atoms with Crippen LogP contribution in [-0.4, -0.2) is 59.5 Å². The molecule has 0 radical (unpaired) electrons. The molecule has 9 heteroatoms. The Labute approximate surface area is 149 Å². The molecule has 0 aliphatic rings. The molecule has 0 saturated carbocycles. The van der Waals surface area contributed by atoms with Gasteiger partial charge in [0, 0.05) is 18.6 Å². The van der Waals surface area contributed by atoms with Gasteiger partial charge in [-0.3, -0.25) is 4.79 Å². The summed E-state index contributed by atoms with van der Waals surface area (Å²) in [5, 5.41) is 21.0. The fraction of sp³-hybridized carbons (Fsp3) is 0.438. The second-order valence-electron chi connectivity index (χ2n) is 5.22. The number of ether oxygens (including phenoxy) is 2. The van der Waals surface area contributed by atoms with Crippen LogP contribution in [0.2, 0.25) is 0 Å². The zero-order chi connectivity index (χ0) is 18.9. The normalized spacial score (nSPS) is 12.4. The maximum atomic E-state index is 12.2. The second-order valence-corrected chi connectivity index (χ2v) is 5.53. The third-order valence-corrected chi connectivity index (χ3v) is 3.87. The van der Waals surface area contributed by atoms with E-state index in [0.717, 1.165) is 0 Å². The monoisotopic (exact) mass is 373 g/mol. The molecule has 0 fully saturated rings. The van der Waals surface area contributed by atoms with Crippen molar-refractivity contribution in [2.24, 2.45) is 0 Å². The molecule has 3 N–H and O–H groups in total. The predicted octanol–water partition coefficient (Wildman–Crippen LogP) is 1.33. The van der Waals surface area contributed by atoms with Crippen LogP contribution in [0.15, 0.2) is 30.3 Å². The molecule has 0 bridgehead atoms. The van der Waals surface area contributed by atoms with Crippen LogP contribution in [0, 0.1) is 0 Å². The lowest BCUT2D eigenvalue weighted by Gasteiger charge is -2.27. The highest BCUT2D eigenvalue weighted by molar-refractivity contribution is 6.18. The number of halogens is 1. The van der Waals surface area contributed by atoms with E-state index in [9.17, 15) is 24.6 Å².